The molecule has 1 saturated carbocycles. The lowest BCUT2D eigenvalue weighted by molar-refractivity contribution is 0.676. The van der Waals surface area contributed by atoms with Gasteiger partial charge in [-0.1, -0.05) is 40.7 Å². The van der Waals surface area contributed by atoms with E-state index in [-0.39, 0.29) is 5.54 Å². The van der Waals surface area contributed by atoms with Crippen LogP contribution in [0.25, 0.3) is 0 Å². The van der Waals surface area contributed by atoms with Gasteiger partial charge in [0.05, 0.1) is 0 Å². The summed E-state index contributed by atoms with van der Waals surface area (Å²) in [5, 5.41) is 0. The molecule has 0 aromatic rings. The average molecular weight is 228 g/mol. The lowest BCUT2D eigenvalue weighted by atomic mass is 10.1. The zero-order valence-corrected chi connectivity index (χ0v) is 8.73. The van der Waals surface area contributed by atoms with Crippen LogP contribution >= 0.6 is 15.9 Å². The Labute approximate surface area is 82.2 Å². The van der Waals surface area contributed by atoms with Gasteiger partial charge in [-0.2, -0.15) is 0 Å². The summed E-state index contributed by atoms with van der Waals surface area (Å²) in [5.74, 6) is 0. The SMILES string of the molecule is C=C(Br)/C=C\C(=C)CC1(N)CC1. The molecule has 1 nitrogen and oxygen atoms in total. The van der Waals surface area contributed by atoms with Crippen LogP contribution < -0.4 is 5.73 Å². The van der Waals surface area contributed by atoms with Crippen LogP contribution in [0.5, 0.6) is 0 Å². The molecule has 0 heterocycles. The third-order valence-electron chi connectivity index (χ3n) is 1.97. The standard InChI is InChI=1S/C10H14BrN/c1-8(3-4-9(2)11)7-10(12)5-6-10/h3-4H,1-2,5-7,12H2/b4-3-. The quantitative estimate of drug-likeness (QED) is 0.735. The van der Waals surface area contributed by atoms with Crippen LogP contribution in [0.2, 0.25) is 0 Å². The molecular formula is C10H14BrN. The maximum Gasteiger partial charge on any atom is 0.0196 e. The summed E-state index contributed by atoms with van der Waals surface area (Å²) >= 11 is 3.24. The molecule has 0 amide bonds. The summed E-state index contributed by atoms with van der Waals surface area (Å²) in [6.45, 7) is 7.62. The molecule has 0 radical (unpaired) electrons. The van der Waals surface area contributed by atoms with Gasteiger partial charge in [0.1, 0.15) is 0 Å². The smallest absolute Gasteiger partial charge is 0.0196 e. The zero-order chi connectivity index (χ0) is 9.19. The van der Waals surface area contributed by atoms with E-state index in [9.17, 15) is 0 Å². The number of hydrogen-bond donors (Lipinski definition) is 1. The first-order valence-electron chi connectivity index (χ1n) is 4.01. The first kappa shape index (κ1) is 9.75. The third-order valence-corrected chi connectivity index (χ3v) is 2.24. The second kappa shape index (κ2) is 3.58. The van der Waals surface area contributed by atoms with Gasteiger partial charge in [0, 0.05) is 10.0 Å². The highest BCUT2D eigenvalue weighted by molar-refractivity contribution is 9.11. The second-order valence-corrected chi connectivity index (χ2v) is 4.50. The summed E-state index contributed by atoms with van der Waals surface area (Å²) in [6.07, 6.45) is 7.03. The summed E-state index contributed by atoms with van der Waals surface area (Å²) in [4.78, 5) is 0. The number of nitrogens with two attached hydrogens (primary N) is 1. The molecule has 1 aliphatic carbocycles. The molecule has 0 aliphatic heterocycles. The van der Waals surface area contributed by atoms with Crippen LogP contribution in [-0.4, -0.2) is 5.54 Å². The lowest BCUT2D eigenvalue weighted by Gasteiger charge is -2.06. The van der Waals surface area contributed by atoms with Crippen LogP contribution in [0.3, 0.4) is 0 Å². The number of halogens is 1. The van der Waals surface area contributed by atoms with E-state index >= 15 is 0 Å². The van der Waals surface area contributed by atoms with Crippen molar-refractivity contribution in [3.63, 3.8) is 0 Å². The molecule has 0 aromatic carbocycles. The molecule has 1 fully saturated rings. The molecular weight excluding hydrogens is 214 g/mol. The highest BCUT2D eigenvalue weighted by atomic mass is 79.9. The summed E-state index contributed by atoms with van der Waals surface area (Å²) in [5.41, 5.74) is 7.07. The minimum Gasteiger partial charge on any atom is -0.325 e. The fourth-order valence-electron chi connectivity index (χ4n) is 1.06. The largest absolute Gasteiger partial charge is 0.325 e. The van der Waals surface area contributed by atoms with Crippen molar-refractivity contribution in [1.29, 1.82) is 0 Å². The molecule has 0 atom stereocenters. The maximum absolute atomic E-state index is 5.92. The molecule has 0 spiro atoms. The molecule has 0 aromatic heterocycles. The van der Waals surface area contributed by atoms with Gasteiger partial charge in [0.2, 0.25) is 0 Å². The van der Waals surface area contributed by atoms with Crippen LogP contribution in [0, 0.1) is 0 Å². The van der Waals surface area contributed by atoms with Crippen molar-refractivity contribution in [3.8, 4) is 0 Å². The van der Waals surface area contributed by atoms with E-state index in [1.54, 1.807) is 0 Å². The van der Waals surface area contributed by atoms with Crippen LogP contribution in [0.4, 0.5) is 0 Å². The van der Waals surface area contributed by atoms with E-state index in [1.165, 1.54) is 0 Å². The Balaban J connectivity index is 2.34. The minimum absolute atomic E-state index is 0.0646. The van der Waals surface area contributed by atoms with E-state index in [4.69, 9.17) is 5.73 Å². The molecule has 2 heteroatoms. The summed E-state index contributed by atoms with van der Waals surface area (Å²) in [6, 6.07) is 0. The molecule has 2 N–H and O–H groups in total. The highest BCUT2D eigenvalue weighted by Gasteiger charge is 2.37. The number of hydrogen-bond acceptors (Lipinski definition) is 1. The van der Waals surface area contributed by atoms with Crippen LogP contribution in [-0.2, 0) is 0 Å². The summed E-state index contributed by atoms with van der Waals surface area (Å²) < 4.78 is 0.866. The Hall–Kier alpha value is -0.340. The van der Waals surface area contributed by atoms with Gasteiger partial charge in [-0.05, 0) is 25.3 Å². The first-order chi connectivity index (χ1) is 5.52. The molecule has 0 bridgehead atoms. The van der Waals surface area contributed by atoms with Crippen molar-refractivity contribution in [3.05, 3.63) is 35.4 Å². The topological polar surface area (TPSA) is 26.0 Å². The lowest BCUT2D eigenvalue weighted by Crippen LogP contribution is -2.21. The van der Waals surface area contributed by atoms with Crippen molar-refractivity contribution in [2.24, 2.45) is 5.73 Å². The van der Waals surface area contributed by atoms with E-state index in [1.807, 2.05) is 12.2 Å². The van der Waals surface area contributed by atoms with Gasteiger partial charge >= 0.3 is 0 Å². The molecule has 1 rings (SSSR count). The molecule has 12 heavy (non-hydrogen) atoms. The van der Waals surface area contributed by atoms with Crippen molar-refractivity contribution >= 4 is 15.9 Å². The minimum atomic E-state index is 0.0646. The van der Waals surface area contributed by atoms with Crippen molar-refractivity contribution in [2.75, 3.05) is 0 Å². The molecule has 66 valence electrons. The van der Waals surface area contributed by atoms with Gasteiger partial charge in [0.25, 0.3) is 0 Å². The van der Waals surface area contributed by atoms with Gasteiger partial charge in [0.15, 0.2) is 0 Å². The van der Waals surface area contributed by atoms with Crippen molar-refractivity contribution in [1.82, 2.24) is 0 Å². The van der Waals surface area contributed by atoms with Gasteiger partial charge in [-0.25, -0.2) is 0 Å². The first-order valence-corrected chi connectivity index (χ1v) is 4.80. The van der Waals surface area contributed by atoms with Gasteiger partial charge < -0.3 is 5.73 Å². The maximum atomic E-state index is 5.92. The van der Waals surface area contributed by atoms with E-state index in [2.05, 4.69) is 29.1 Å². The van der Waals surface area contributed by atoms with E-state index < -0.39 is 0 Å². The predicted octanol–water partition coefficient (Wildman–Crippen LogP) is 2.89. The Morgan fingerprint density at radius 2 is 2.00 bits per heavy atom. The summed E-state index contributed by atoms with van der Waals surface area (Å²) in [7, 11) is 0. The Bertz CT molecular complexity index is 236. The number of allylic oxidation sites excluding steroid dienone is 3. The van der Waals surface area contributed by atoms with Crippen LogP contribution in [0.1, 0.15) is 19.3 Å². The fraction of sp³-hybridized carbons (Fsp3) is 0.400. The molecule has 0 saturated heterocycles. The zero-order valence-electron chi connectivity index (χ0n) is 7.15. The number of rotatable bonds is 4. The second-order valence-electron chi connectivity index (χ2n) is 3.48. The predicted molar refractivity (Wildman–Crippen MR) is 57.1 cm³/mol. The van der Waals surface area contributed by atoms with Gasteiger partial charge in [-0.15, -0.1) is 0 Å². The van der Waals surface area contributed by atoms with Crippen molar-refractivity contribution in [2.45, 2.75) is 24.8 Å². The highest BCUT2D eigenvalue weighted by Crippen LogP contribution is 2.37. The van der Waals surface area contributed by atoms with Crippen LogP contribution in [0.15, 0.2) is 35.4 Å². The molecule has 0 unspecified atom stereocenters. The average Bonchev–Trinajstić information content (AvgIpc) is 2.64. The van der Waals surface area contributed by atoms with E-state index in [0.717, 1.165) is 29.3 Å². The Morgan fingerprint density at radius 1 is 1.42 bits per heavy atom. The van der Waals surface area contributed by atoms with Crippen molar-refractivity contribution < 1.29 is 0 Å². The normalized spacial score (nSPS) is 19.5. The third kappa shape index (κ3) is 3.37. The van der Waals surface area contributed by atoms with E-state index in [0.29, 0.717) is 0 Å². The fourth-order valence-corrected chi connectivity index (χ4v) is 1.19. The monoisotopic (exact) mass is 227 g/mol. The Morgan fingerprint density at radius 3 is 2.42 bits per heavy atom. The molecule has 1 aliphatic rings. The van der Waals surface area contributed by atoms with Gasteiger partial charge in [-0.3, -0.25) is 0 Å². The Kier molecular flexibility index (Phi) is 2.91.